The van der Waals surface area contributed by atoms with E-state index in [2.05, 4.69) is 15.0 Å². The number of rotatable bonds is 3. The highest BCUT2D eigenvalue weighted by atomic mass is 35.5. The Kier molecular flexibility index (Phi) is 4.05. The Morgan fingerprint density at radius 1 is 1.29 bits per heavy atom. The molecule has 0 aliphatic heterocycles. The molecule has 0 fully saturated rings. The number of hydrogen-bond donors (Lipinski definition) is 3. The number of aromatic amines is 1. The number of nitrogens with one attached hydrogen (secondary N) is 1. The molecule has 7 nitrogen and oxygen atoms in total. The van der Waals surface area contributed by atoms with E-state index in [1.165, 1.54) is 30.5 Å². The van der Waals surface area contributed by atoms with Crippen LogP contribution in [-0.4, -0.2) is 21.0 Å². The number of benzene rings is 1. The largest absolute Gasteiger partial charge is 0.410 e. The SMILES string of the molecule is NC(=O)Oc1cc(-c2ccnc(N)n2)[nH]c1-c1cc(F)ccc1Cl. The Bertz CT molecular complexity index is 928. The number of nitrogens with two attached hydrogens (primary N) is 2. The summed E-state index contributed by atoms with van der Waals surface area (Å²) in [6, 6.07) is 6.91. The third-order valence-corrected chi connectivity index (χ3v) is 3.47. The number of primary amides is 1. The molecule has 0 atom stereocenters. The van der Waals surface area contributed by atoms with Crippen molar-refractivity contribution >= 4 is 23.6 Å². The first-order valence-corrected chi connectivity index (χ1v) is 7.06. The number of amides is 1. The van der Waals surface area contributed by atoms with Gasteiger partial charge in [0, 0.05) is 17.8 Å². The van der Waals surface area contributed by atoms with Crippen molar-refractivity contribution in [1.29, 1.82) is 0 Å². The van der Waals surface area contributed by atoms with E-state index < -0.39 is 11.9 Å². The highest BCUT2D eigenvalue weighted by molar-refractivity contribution is 6.33. The van der Waals surface area contributed by atoms with Gasteiger partial charge in [-0.05, 0) is 24.3 Å². The van der Waals surface area contributed by atoms with Crippen molar-refractivity contribution < 1.29 is 13.9 Å². The van der Waals surface area contributed by atoms with Crippen molar-refractivity contribution in [1.82, 2.24) is 15.0 Å². The van der Waals surface area contributed by atoms with E-state index in [4.69, 9.17) is 27.8 Å². The molecule has 9 heteroatoms. The van der Waals surface area contributed by atoms with Gasteiger partial charge in [0.1, 0.15) is 5.82 Å². The van der Waals surface area contributed by atoms with Crippen molar-refractivity contribution in [3.63, 3.8) is 0 Å². The second-order valence-electron chi connectivity index (χ2n) is 4.77. The van der Waals surface area contributed by atoms with Crippen molar-refractivity contribution in [3.05, 3.63) is 47.4 Å². The van der Waals surface area contributed by atoms with E-state index in [1.807, 2.05) is 0 Å². The van der Waals surface area contributed by atoms with Crippen LogP contribution in [0.25, 0.3) is 22.6 Å². The lowest BCUT2D eigenvalue weighted by molar-refractivity contribution is 0.211. The lowest BCUT2D eigenvalue weighted by atomic mass is 10.1. The second-order valence-corrected chi connectivity index (χ2v) is 5.17. The molecule has 1 amide bonds. The quantitative estimate of drug-likeness (QED) is 0.672. The normalized spacial score (nSPS) is 10.6. The molecule has 0 unspecified atom stereocenters. The lowest BCUT2D eigenvalue weighted by Gasteiger charge is -2.06. The molecule has 0 aliphatic rings. The van der Waals surface area contributed by atoms with Crippen LogP contribution in [0.3, 0.4) is 0 Å². The molecular weight excluding hydrogens is 337 g/mol. The van der Waals surface area contributed by atoms with Gasteiger partial charge in [0.05, 0.1) is 22.1 Å². The lowest BCUT2D eigenvalue weighted by Crippen LogP contribution is -2.16. The fourth-order valence-electron chi connectivity index (χ4n) is 2.18. The van der Waals surface area contributed by atoms with Gasteiger partial charge in [-0.15, -0.1) is 0 Å². The molecule has 0 bridgehead atoms. The summed E-state index contributed by atoms with van der Waals surface area (Å²) in [6.07, 6.45) is 0.457. The summed E-state index contributed by atoms with van der Waals surface area (Å²) >= 11 is 6.12. The summed E-state index contributed by atoms with van der Waals surface area (Å²) in [5.74, 6) is -0.339. The number of hydrogen-bond acceptors (Lipinski definition) is 5. The molecule has 0 aliphatic carbocycles. The van der Waals surface area contributed by atoms with Gasteiger partial charge in [-0.2, -0.15) is 0 Å². The van der Waals surface area contributed by atoms with Crippen molar-refractivity contribution in [2.45, 2.75) is 0 Å². The van der Waals surface area contributed by atoms with Gasteiger partial charge in [-0.1, -0.05) is 11.6 Å². The maximum atomic E-state index is 13.6. The zero-order chi connectivity index (χ0) is 17.3. The number of nitrogen functional groups attached to an aromatic ring is 1. The van der Waals surface area contributed by atoms with Crippen LogP contribution in [0.2, 0.25) is 5.02 Å². The minimum atomic E-state index is -1.02. The summed E-state index contributed by atoms with van der Waals surface area (Å²) in [7, 11) is 0. The first-order valence-electron chi connectivity index (χ1n) is 6.68. The summed E-state index contributed by atoms with van der Waals surface area (Å²) in [5, 5.41) is 0.265. The first-order chi connectivity index (χ1) is 11.4. The Balaban J connectivity index is 2.17. The van der Waals surface area contributed by atoms with E-state index in [1.54, 1.807) is 6.07 Å². The monoisotopic (exact) mass is 347 g/mol. The van der Waals surface area contributed by atoms with Gasteiger partial charge >= 0.3 is 6.09 Å². The van der Waals surface area contributed by atoms with Crippen LogP contribution in [0.1, 0.15) is 0 Å². The zero-order valence-electron chi connectivity index (χ0n) is 12.1. The molecule has 3 aromatic rings. The molecule has 0 saturated carbocycles. The maximum Gasteiger partial charge on any atom is 0.410 e. The molecule has 122 valence electrons. The summed E-state index contributed by atoms with van der Waals surface area (Å²) < 4.78 is 18.5. The van der Waals surface area contributed by atoms with Crippen LogP contribution in [0, 0.1) is 5.82 Å². The second kappa shape index (κ2) is 6.17. The van der Waals surface area contributed by atoms with E-state index in [0.29, 0.717) is 17.0 Å². The van der Waals surface area contributed by atoms with Crippen LogP contribution in [0.15, 0.2) is 36.5 Å². The third-order valence-electron chi connectivity index (χ3n) is 3.14. The fourth-order valence-corrected chi connectivity index (χ4v) is 2.39. The molecule has 0 radical (unpaired) electrons. The van der Waals surface area contributed by atoms with Crippen LogP contribution >= 0.6 is 11.6 Å². The Hall–Kier alpha value is -3.13. The number of H-pyrrole nitrogens is 1. The molecule has 3 rings (SSSR count). The molecule has 5 N–H and O–H groups in total. The third kappa shape index (κ3) is 3.13. The average molecular weight is 348 g/mol. The minimum absolute atomic E-state index is 0.0739. The highest BCUT2D eigenvalue weighted by Crippen LogP contribution is 2.37. The smallest absolute Gasteiger partial charge is 0.408 e. The number of nitrogens with zero attached hydrogens (tertiary/aromatic N) is 2. The topological polar surface area (TPSA) is 120 Å². The number of carbonyl (C=O) groups excluding carboxylic acids is 1. The number of halogens is 2. The molecule has 2 heterocycles. The zero-order valence-corrected chi connectivity index (χ0v) is 12.8. The van der Waals surface area contributed by atoms with Gasteiger partial charge in [-0.25, -0.2) is 19.2 Å². The van der Waals surface area contributed by atoms with Crippen molar-refractivity contribution in [2.75, 3.05) is 5.73 Å². The number of anilines is 1. The molecule has 0 saturated heterocycles. The van der Waals surface area contributed by atoms with Crippen LogP contribution in [0.4, 0.5) is 15.1 Å². The van der Waals surface area contributed by atoms with Gasteiger partial charge in [-0.3, -0.25) is 0 Å². The Labute approximate surface area is 140 Å². The van der Waals surface area contributed by atoms with Gasteiger partial charge in [0.25, 0.3) is 0 Å². The highest BCUT2D eigenvalue weighted by Gasteiger charge is 2.18. The first kappa shape index (κ1) is 15.8. The van der Waals surface area contributed by atoms with Gasteiger partial charge in [0.15, 0.2) is 5.75 Å². The maximum absolute atomic E-state index is 13.6. The van der Waals surface area contributed by atoms with Crippen molar-refractivity contribution in [2.24, 2.45) is 5.73 Å². The van der Waals surface area contributed by atoms with E-state index in [-0.39, 0.29) is 22.4 Å². The summed E-state index contributed by atoms with van der Waals surface area (Å²) in [4.78, 5) is 22.0. The average Bonchev–Trinajstić information content (AvgIpc) is 2.92. The fraction of sp³-hybridized carbons (Fsp3) is 0. The van der Waals surface area contributed by atoms with E-state index in [9.17, 15) is 9.18 Å². The molecule has 24 heavy (non-hydrogen) atoms. The van der Waals surface area contributed by atoms with Crippen molar-refractivity contribution in [3.8, 4) is 28.4 Å². The number of aromatic nitrogens is 3. The molecular formula is C15H11ClFN5O2. The Morgan fingerprint density at radius 3 is 2.79 bits per heavy atom. The van der Waals surface area contributed by atoms with Gasteiger partial charge in [0.2, 0.25) is 5.95 Å². The van der Waals surface area contributed by atoms with E-state index >= 15 is 0 Å². The van der Waals surface area contributed by atoms with Gasteiger partial charge < -0.3 is 21.2 Å². The van der Waals surface area contributed by atoms with E-state index in [0.717, 1.165) is 0 Å². The minimum Gasteiger partial charge on any atom is -0.408 e. The molecule has 0 spiro atoms. The predicted octanol–water partition coefficient (Wildman–Crippen LogP) is 2.97. The summed E-state index contributed by atoms with van der Waals surface area (Å²) in [5.41, 5.74) is 12.2. The van der Waals surface area contributed by atoms with Crippen LogP contribution in [0.5, 0.6) is 5.75 Å². The van der Waals surface area contributed by atoms with Crippen LogP contribution < -0.4 is 16.2 Å². The number of carbonyl (C=O) groups is 1. The number of ether oxygens (including phenoxy) is 1. The standard InChI is InChI=1S/C15H11ClFN5O2/c16-9-2-1-7(17)5-8(9)13-12(24-15(19)23)6-11(21-13)10-3-4-20-14(18)22-10/h1-6,21H,(H2,19,23)(H2,18,20,22). The molecule has 2 aromatic heterocycles. The summed E-state index contributed by atoms with van der Waals surface area (Å²) in [6.45, 7) is 0. The molecule has 1 aromatic carbocycles. The Morgan fingerprint density at radius 2 is 2.08 bits per heavy atom. The van der Waals surface area contributed by atoms with Crippen LogP contribution in [-0.2, 0) is 0 Å². The predicted molar refractivity (Wildman–Crippen MR) is 86.8 cm³/mol.